The molecule has 0 aromatic heterocycles. The van der Waals surface area contributed by atoms with Crippen LogP contribution in [0.2, 0.25) is 0 Å². The zero-order valence-electron chi connectivity index (χ0n) is 17.0. The summed E-state index contributed by atoms with van der Waals surface area (Å²) in [6.45, 7) is -0.00771. The Kier molecular flexibility index (Phi) is 6.32. The number of aliphatic hydroxyl groups is 1. The highest BCUT2D eigenvalue weighted by molar-refractivity contribution is 7.68. The number of aliphatic hydroxyl groups excluding tert-OH is 1. The summed E-state index contributed by atoms with van der Waals surface area (Å²) in [6, 6.07) is 24.4. The number of hydrogen-bond donors (Lipinski definition) is 2. The summed E-state index contributed by atoms with van der Waals surface area (Å²) in [5.41, 5.74) is 2.00. The molecule has 2 N–H and O–H groups in total. The average Bonchev–Trinajstić information content (AvgIpc) is 2.83. The maximum Gasteiger partial charge on any atom is 0.269 e. The summed E-state index contributed by atoms with van der Waals surface area (Å²) in [5, 5.41) is 24.3. The second-order valence-electron chi connectivity index (χ2n) is 7.26. The second kappa shape index (κ2) is 9.32. The van der Waals surface area contributed by atoms with Crippen molar-refractivity contribution in [1.82, 2.24) is 5.09 Å². The van der Waals surface area contributed by atoms with Crippen LogP contribution in [0.1, 0.15) is 22.8 Å². The maximum atomic E-state index is 13.7. The molecule has 0 unspecified atom stereocenters. The largest absolute Gasteiger partial charge is 0.456 e. The van der Waals surface area contributed by atoms with Crippen LogP contribution in [0.25, 0.3) is 11.5 Å². The van der Waals surface area contributed by atoms with Crippen molar-refractivity contribution >= 4 is 24.5 Å². The molecule has 0 bridgehead atoms. The molecular formula is C24H21N2O5P. The van der Waals surface area contributed by atoms with Crippen molar-refractivity contribution < 1.29 is 19.3 Å². The van der Waals surface area contributed by atoms with Gasteiger partial charge in [-0.15, -0.1) is 0 Å². The number of rotatable bonds is 7. The van der Waals surface area contributed by atoms with Gasteiger partial charge in [-0.05, 0) is 17.7 Å². The molecule has 4 rings (SSSR count). The van der Waals surface area contributed by atoms with Crippen LogP contribution in [0, 0.1) is 10.1 Å². The molecule has 3 aromatic carbocycles. The SMILES string of the molecule is O=[N+]([O-])c1ccc([C@H](O)CNP2(=O)C=C(c3ccccc3)OC(c3ccccc3)=C2)cc1. The van der Waals surface area contributed by atoms with Crippen LogP contribution in [-0.2, 0) is 9.30 Å². The Morgan fingerprint density at radius 3 is 1.84 bits per heavy atom. The average molecular weight is 448 g/mol. The summed E-state index contributed by atoms with van der Waals surface area (Å²) in [5.74, 6) is 4.04. The number of nitro benzene ring substituents is 1. The Morgan fingerprint density at radius 2 is 1.38 bits per heavy atom. The summed E-state index contributed by atoms with van der Waals surface area (Å²) < 4.78 is 19.8. The monoisotopic (exact) mass is 448 g/mol. The van der Waals surface area contributed by atoms with Gasteiger partial charge in [-0.1, -0.05) is 60.7 Å². The van der Waals surface area contributed by atoms with Crippen LogP contribution in [0.4, 0.5) is 5.69 Å². The van der Waals surface area contributed by atoms with Crippen molar-refractivity contribution in [3.05, 3.63) is 123 Å². The van der Waals surface area contributed by atoms with Crippen molar-refractivity contribution in [2.24, 2.45) is 0 Å². The van der Waals surface area contributed by atoms with Crippen LogP contribution < -0.4 is 5.09 Å². The molecule has 1 aliphatic heterocycles. The zero-order valence-corrected chi connectivity index (χ0v) is 17.9. The number of nitro groups is 1. The van der Waals surface area contributed by atoms with Crippen molar-refractivity contribution in [3.63, 3.8) is 0 Å². The standard InChI is InChI=1S/C24H21N2O5P/c27-22(18-11-13-21(14-12-18)26(28)29)15-25-32(30)16-23(19-7-3-1-4-8-19)31-24(17-32)20-9-5-2-6-10-20/h1-14,16-17,22,27H,15H2,(H,25,30)/t22-/m1/s1. The maximum absolute atomic E-state index is 13.7. The van der Waals surface area contributed by atoms with E-state index in [-0.39, 0.29) is 12.2 Å². The molecule has 0 spiro atoms. The minimum Gasteiger partial charge on any atom is -0.456 e. The number of nitrogens with zero attached hydrogens (tertiary/aromatic N) is 1. The minimum absolute atomic E-state index is 0.00771. The normalized spacial score (nSPS) is 15.8. The number of nitrogens with one attached hydrogen (secondary N) is 1. The molecule has 0 amide bonds. The van der Waals surface area contributed by atoms with Gasteiger partial charge in [0.2, 0.25) is 0 Å². The van der Waals surface area contributed by atoms with E-state index in [9.17, 15) is 19.8 Å². The number of non-ortho nitro benzene ring substituents is 1. The topological polar surface area (TPSA) is 102 Å². The van der Waals surface area contributed by atoms with Gasteiger partial charge in [-0.3, -0.25) is 19.8 Å². The molecule has 3 aromatic rings. The third-order valence-electron chi connectivity index (χ3n) is 4.98. The van der Waals surface area contributed by atoms with Gasteiger partial charge in [0.1, 0.15) is 11.5 Å². The van der Waals surface area contributed by atoms with Gasteiger partial charge in [-0.2, -0.15) is 0 Å². The Balaban J connectivity index is 1.59. The Hall–Kier alpha value is -3.51. The molecule has 1 aliphatic rings. The smallest absolute Gasteiger partial charge is 0.269 e. The van der Waals surface area contributed by atoms with E-state index in [1.165, 1.54) is 24.3 Å². The Labute approximate surface area is 185 Å². The first-order chi connectivity index (χ1) is 15.4. The summed E-state index contributed by atoms with van der Waals surface area (Å²) in [7, 11) is -3.22. The van der Waals surface area contributed by atoms with Gasteiger partial charge in [0, 0.05) is 41.4 Å². The van der Waals surface area contributed by atoms with E-state index in [1.807, 2.05) is 60.7 Å². The van der Waals surface area contributed by atoms with E-state index < -0.39 is 18.3 Å². The first-order valence-electron chi connectivity index (χ1n) is 9.95. The lowest BCUT2D eigenvalue weighted by Gasteiger charge is -2.24. The first kappa shape index (κ1) is 21.7. The van der Waals surface area contributed by atoms with Crippen LogP contribution in [0.5, 0.6) is 0 Å². The van der Waals surface area contributed by atoms with Crippen molar-refractivity contribution in [3.8, 4) is 0 Å². The molecule has 0 saturated carbocycles. The highest BCUT2D eigenvalue weighted by atomic mass is 31.2. The predicted octanol–water partition coefficient (Wildman–Crippen LogP) is 5.52. The molecule has 1 heterocycles. The van der Waals surface area contributed by atoms with Crippen LogP contribution in [-0.4, -0.2) is 16.6 Å². The summed E-state index contributed by atoms with van der Waals surface area (Å²) in [4.78, 5) is 10.3. The highest BCUT2D eigenvalue weighted by Gasteiger charge is 2.27. The van der Waals surface area contributed by atoms with E-state index in [4.69, 9.17) is 4.74 Å². The molecule has 0 fully saturated rings. The zero-order chi connectivity index (χ0) is 22.6. The molecule has 0 radical (unpaired) electrons. The lowest BCUT2D eigenvalue weighted by Crippen LogP contribution is -2.19. The van der Waals surface area contributed by atoms with E-state index in [0.717, 1.165) is 11.1 Å². The van der Waals surface area contributed by atoms with Crippen molar-refractivity contribution in [1.29, 1.82) is 0 Å². The molecule has 8 heteroatoms. The highest BCUT2D eigenvalue weighted by Crippen LogP contribution is 2.53. The van der Waals surface area contributed by atoms with Gasteiger partial charge < -0.3 is 9.84 Å². The lowest BCUT2D eigenvalue weighted by atomic mass is 10.1. The van der Waals surface area contributed by atoms with E-state index in [0.29, 0.717) is 17.1 Å². The molecular weight excluding hydrogens is 427 g/mol. The van der Waals surface area contributed by atoms with Gasteiger partial charge in [-0.25, -0.2) is 0 Å². The fraction of sp³-hybridized carbons (Fsp3) is 0.0833. The van der Waals surface area contributed by atoms with Gasteiger partial charge in [0.25, 0.3) is 5.69 Å². The molecule has 1 atom stereocenters. The third kappa shape index (κ3) is 5.03. The predicted molar refractivity (Wildman–Crippen MR) is 124 cm³/mol. The van der Waals surface area contributed by atoms with Crippen LogP contribution >= 0.6 is 7.29 Å². The van der Waals surface area contributed by atoms with Crippen LogP contribution in [0.3, 0.4) is 0 Å². The quantitative estimate of drug-likeness (QED) is 0.280. The number of benzene rings is 3. The van der Waals surface area contributed by atoms with E-state index in [1.54, 1.807) is 11.6 Å². The van der Waals surface area contributed by atoms with Crippen LogP contribution in [0.15, 0.2) is 96.6 Å². The third-order valence-corrected chi connectivity index (χ3v) is 6.89. The number of hydrogen-bond acceptors (Lipinski definition) is 5. The molecule has 0 saturated heterocycles. The Morgan fingerprint density at radius 1 is 0.875 bits per heavy atom. The lowest BCUT2D eigenvalue weighted by molar-refractivity contribution is -0.384. The molecule has 0 aliphatic carbocycles. The molecule has 162 valence electrons. The van der Waals surface area contributed by atoms with Gasteiger partial charge in [0.05, 0.1) is 11.0 Å². The summed E-state index contributed by atoms with van der Waals surface area (Å²) in [6.07, 6.45) is -0.994. The first-order valence-corrected chi connectivity index (χ1v) is 11.8. The van der Waals surface area contributed by atoms with E-state index in [2.05, 4.69) is 5.09 Å². The van der Waals surface area contributed by atoms with Gasteiger partial charge in [0.15, 0.2) is 7.29 Å². The van der Waals surface area contributed by atoms with Gasteiger partial charge >= 0.3 is 0 Å². The fourth-order valence-corrected chi connectivity index (χ4v) is 5.10. The van der Waals surface area contributed by atoms with E-state index >= 15 is 0 Å². The number of ether oxygens (including phenoxy) is 1. The molecule has 32 heavy (non-hydrogen) atoms. The molecule has 7 nitrogen and oxygen atoms in total. The summed E-state index contributed by atoms with van der Waals surface area (Å²) >= 11 is 0. The second-order valence-corrected chi connectivity index (χ2v) is 9.51. The minimum atomic E-state index is -3.22. The van der Waals surface area contributed by atoms with Crippen molar-refractivity contribution in [2.45, 2.75) is 6.10 Å². The Bertz CT molecular complexity index is 1150. The van der Waals surface area contributed by atoms with Crippen molar-refractivity contribution in [2.75, 3.05) is 6.54 Å². The fourth-order valence-electron chi connectivity index (χ4n) is 3.29.